The molecule has 25 heavy (non-hydrogen) atoms. The number of rotatable bonds is 1. The monoisotopic (exact) mass is 389 g/mol. The summed E-state index contributed by atoms with van der Waals surface area (Å²) in [6.07, 6.45) is 8.56. The Labute approximate surface area is 154 Å². The first-order valence-electron chi connectivity index (χ1n) is 8.29. The maximum Gasteiger partial charge on any atom is 0.220 e. The number of para-hydroxylation sites is 3. The Kier molecular flexibility index (Phi) is 3.06. The molecule has 2 aromatic carbocycles. The van der Waals surface area contributed by atoms with Gasteiger partial charge in [0.25, 0.3) is 0 Å². The van der Waals surface area contributed by atoms with Gasteiger partial charge in [-0.1, -0.05) is 58.4 Å². The topological polar surface area (TPSA) is 22.2 Å². The van der Waals surface area contributed by atoms with Crippen molar-refractivity contribution in [1.82, 2.24) is 14.0 Å². The molecule has 0 N–H and O–H groups in total. The van der Waals surface area contributed by atoms with E-state index in [0.29, 0.717) is 0 Å². The third-order valence-corrected chi connectivity index (χ3v) is 5.16. The van der Waals surface area contributed by atoms with E-state index < -0.39 is 0 Å². The lowest BCUT2D eigenvalue weighted by molar-refractivity contribution is 1.04. The minimum Gasteiger partial charge on any atom is -0.278 e. The largest absolute Gasteiger partial charge is 0.278 e. The molecule has 1 aliphatic carbocycles. The zero-order valence-corrected chi connectivity index (χ0v) is 15.3. The van der Waals surface area contributed by atoms with Crippen molar-refractivity contribution >= 4 is 44.9 Å². The van der Waals surface area contributed by atoms with Gasteiger partial charge in [-0.15, -0.1) is 0 Å². The molecule has 1 atom stereocenters. The second kappa shape index (κ2) is 5.20. The number of fused-ring (bicyclic) bond motifs is 5. The first-order valence-corrected chi connectivity index (χ1v) is 9.08. The summed E-state index contributed by atoms with van der Waals surface area (Å²) < 4.78 is 4.32. The minimum absolute atomic E-state index is 0.147. The van der Waals surface area contributed by atoms with Gasteiger partial charge in [0.15, 0.2) is 0 Å². The second-order valence-electron chi connectivity index (χ2n) is 6.50. The van der Waals surface area contributed by atoms with Crippen molar-refractivity contribution in [2.45, 2.75) is 11.2 Å². The highest BCUT2D eigenvalue weighted by Gasteiger charge is 2.22. The van der Waals surface area contributed by atoms with E-state index in [9.17, 15) is 0 Å². The molecule has 2 aromatic heterocycles. The normalized spacial score (nSPS) is 19.4. The van der Waals surface area contributed by atoms with Crippen molar-refractivity contribution in [3.8, 4) is 5.69 Å². The van der Waals surface area contributed by atoms with Gasteiger partial charge in [-0.2, -0.15) is 0 Å². The first kappa shape index (κ1) is 14.7. The summed E-state index contributed by atoms with van der Waals surface area (Å²) >= 11 is 3.73. The van der Waals surface area contributed by atoms with Gasteiger partial charge in [0.05, 0.1) is 26.7 Å². The zero-order chi connectivity index (χ0) is 17.0. The molecule has 0 spiro atoms. The van der Waals surface area contributed by atoms with Gasteiger partial charge >= 0.3 is 0 Å². The van der Waals surface area contributed by atoms with Gasteiger partial charge < -0.3 is 0 Å². The highest BCUT2D eigenvalue weighted by molar-refractivity contribution is 9.10. The number of hydrogen-bond acceptors (Lipinski definition) is 1. The van der Waals surface area contributed by atoms with E-state index in [1.165, 1.54) is 0 Å². The number of halogens is 1. The summed E-state index contributed by atoms with van der Waals surface area (Å²) in [4.78, 5) is 4.96. The predicted octanol–water partition coefficient (Wildman–Crippen LogP) is 5.47. The average Bonchev–Trinajstić information content (AvgIpc) is 3.08. The van der Waals surface area contributed by atoms with Crippen molar-refractivity contribution < 1.29 is 0 Å². The highest BCUT2D eigenvalue weighted by atomic mass is 79.9. The molecule has 5 rings (SSSR count). The van der Waals surface area contributed by atoms with Crippen molar-refractivity contribution in [3.05, 3.63) is 78.1 Å². The van der Waals surface area contributed by atoms with Gasteiger partial charge in [-0.3, -0.25) is 8.97 Å². The zero-order valence-electron chi connectivity index (χ0n) is 13.7. The number of aromatic nitrogens is 3. The summed E-state index contributed by atoms with van der Waals surface area (Å²) in [5.74, 6) is 0.935. The molecular formula is C21H16BrN3. The maximum absolute atomic E-state index is 4.96. The molecule has 122 valence electrons. The summed E-state index contributed by atoms with van der Waals surface area (Å²) in [5.41, 5.74) is 5.53. The maximum atomic E-state index is 4.96. The smallest absolute Gasteiger partial charge is 0.220 e. The number of allylic oxidation sites excluding steroid dienone is 2. The lowest BCUT2D eigenvalue weighted by atomic mass is 10.1. The minimum atomic E-state index is -0.147. The summed E-state index contributed by atoms with van der Waals surface area (Å²) in [5, 5.41) is 0. The molecule has 0 bridgehead atoms. The van der Waals surface area contributed by atoms with Crippen LogP contribution in [0.15, 0.2) is 66.7 Å². The van der Waals surface area contributed by atoms with Crippen molar-refractivity contribution in [1.29, 1.82) is 0 Å². The van der Waals surface area contributed by atoms with E-state index in [1.807, 2.05) is 6.07 Å². The van der Waals surface area contributed by atoms with Gasteiger partial charge in [-0.05, 0) is 43.3 Å². The molecule has 0 saturated heterocycles. The lowest BCUT2D eigenvalue weighted by Crippen LogP contribution is -2.04. The number of hydrogen-bond donors (Lipinski definition) is 0. The molecule has 4 heteroatoms. The fourth-order valence-electron chi connectivity index (χ4n) is 3.43. The lowest BCUT2D eigenvalue weighted by Gasteiger charge is -2.09. The molecule has 1 aliphatic rings. The summed E-state index contributed by atoms with van der Waals surface area (Å²) in [7, 11) is 0. The Balaban J connectivity index is 1.92. The van der Waals surface area contributed by atoms with Crippen LogP contribution in [0.2, 0.25) is 0 Å². The highest BCUT2D eigenvalue weighted by Crippen LogP contribution is 2.32. The van der Waals surface area contributed by atoms with Crippen LogP contribution in [-0.4, -0.2) is 18.3 Å². The summed E-state index contributed by atoms with van der Waals surface area (Å²) in [6, 6.07) is 18.8. The Hall–Kier alpha value is -2.59. The number of imidazole rings is 2. The number of benzene rings is 2. The Morgan fingerprint density at radius 1 is 0.880 bits per heavy atom. The molecule has 0 amide bonds. The quantitative estimate of drug-likeness (QED) is 0.395. The van der Waals surface area contributed by atoms with Gasteiger partial charge in [0, 0.05) is 5.69 Å². The van der Waals surface area contributed by atoms with E-state index in [0.717, 1.165) is 33.9 Å². The van der Waals surface area contributed by atoms with Crippen LogP contribution in [0.25, 0.3) is 34.7 Å². The van der Waals surface area contributed by atoms with Gasteiger partial charge in [0.2, 0.25) is 5.78 Å². The first-order chi connectivity index (χ1) is 12.1. The molecule has 0 radical (unpaired) electrons. The Morgan fingerprint density at radius 2 is 1.56 bits per heavy atom. The van der Waals surface area contributed by atoms with Crippen molar-refractivity contribution in [2.24, 2.45) is 0 Å². The van der Waals surface area contributed by atoms with Crippen LogP contribution < -0.4 is 0 Å². The SMILES string of the molecule is CC1(Br)C=Cc2nc3n(-c4ccccc4)c4ccccc4n3c2C=C1. The average molecular weight is 390 g/mol. The standard InChI is InChI=1S/C21H16BrN3/c1-21(22)13-11-16-17(12-14-21)25-19-10-6-5-9-18(19)24(20(25)23-16)15-7-3-2-4-8-15/h2-14H,1H3. The molecule has 0 fully saturated rings. The molecule has 3 nitrogen and oxygen atoms in total. The molecule has 4 aromatic rings. The van der Waals surface area contributed by atoms with Crippen LogP contribution in [-0.2, 0) is 0 Å². The van der Waals surface area contributed by atoms with Gasteiger partial charge in [-0.25, -0.2) is 4.98 Å². The Morgan fingerprint density at radius 3 is 2.36 bits per heavy atom. The van der Waals surface area contributed by atoms with Gasteiger partial charge in [0.1, 0.15) is 0 Å². The van der Waals surface area contributed by atoms with Crippen LogP contribution in [0.5, 0.6) is 0 Å². The Bertz CT molecular complexity index is 1160. The van der Waals surface area contributed by atoms with Crippen molar-refractivity contribution in [3.63, 3.8) is 0 Å². The fraction of sp³-hybridized carbons (Fsp3) is 0.0952. The molecular weight excluding hydrogens is 374 g/mol. The van der Waals surface area contributed by atoms with Crippen molar-refractivity contribution in [2.75, 3.05) is 0 Å². The van der Waals surface area contributed by atoms with Crippen LogP contribution in [0.4, 0.5) is 0 Å². The van der Waals surface area contributed by atoms with Crippen LogP contribution in [0.1, 0.15) is 18.3 Å². The van der Waals surface area contributed by atoms with E-state index in [-0.39, 0.29) is 4.32 Å². The van der Waals surface area contributed by atoms with E-state index in [4.69, 9.17) is 4.98 Å². The van der Waals surface area contributed by atoms with Crippen LogP contribution >= 0.6 is 15.9 Å². The molecule has 0 saturated carbocycles. The third kappa shape index (κ3) is 2.21. The number of alkyl halides is 1. The fourth-order valence-corrected chi connectivity index (χ4v) is 3.69. The van der Waals surface area contributed by atoms with E-state index in [1.54, 1.807) is 0 Å². The molecule has 2 heterocycles. The van der Waals surface area contributed by atoms with Crippen LogP contribution in [0.3, 0.4) is 0 Å². The second-order valence-corrected chi connectivity index (χ2v) is 8.20. The van der Waals surface area contributed by atoms with Crippen LogP contribution in [0, 0.1) is 0 Å². The third-order valence-electron chi connectivity index (χ3n) is 4.64. The van der Waals surface area contributed by atoms with E-state index in [2.05, 4.69) is 105 Å². The molecule has 0 aliphatic heterocycles. The summed E-state index contributed by atoms with van der Waals surface area (Å²) in [6.45, 7) is 2.13. The predicted molar refractivity (Wildman–Crippen MR) is 107 cm³/mol. The number of nitrogens with zero attached hydrogens (tertiary/aromatic N) is 3. The molecule has 1 unspecified atom stereocenters. The van der Waals surface area contributed by atoms with E-state index >= 15 is 0 Å².